The van der Waals surface area contributed by atoms with Gasteiger partial charge in [0, 0.05) is 16.7 Å². The normalized spacial score (nSPS) is 10.7. The first-order valence-electron chi connectivity index (χ1n) is 10.8. The lowest BCUT2D eigenvalue weighted by molar-refractivity contribution is 0.102. The summed E-state index contributed by atoms with van der Waals surface area (Å²) in [6, 6.07) is 29.0. The third kappa shape index (κ3) is 4.04. The van der Waals surface area contributed by atoms with Gasteiger partial charge >= 0.3 is 0 Å². The van der Waals surface area contributed by atoms with E-state index in [1.54, 1.807) is 55.6 Å². The number of ether oxygens (including phenoxy) is 1. The number of amides is 1. The van der Waals surface area contributed by atoms with Crippen LogP contribution in [0.15, 0.2) is 97.1 Å². The molecule has 5 rings (SSSR count). The molecule has 2 N–H and O–H groups in total. The molecule has 0 unspecified atom stereocenters. The molecule has 4 aromatic carbocycles. The van der Waals surface area contributed by atoms with Crippen molar-refractivity contribution < 1.29 is 14.3 Å². The highest BCUT2D eigenvalue weighted by Gasteiger charge is 2.17. The fraction of sp³-hybridized carbons (Fsp3) is 0.0357. The van der Waals surface area contributed by atoms with E-state index in [1.807, 2.05) is 48.5 Å². The summed E-state index contributed by atoms with van der Waals surface area (Å²) in [6.07, 6.45) is 0. The van der Waals surface area contributed by atoms with Crippen LogP contribution >= 0.6 is 0 Å². The van der Waals surface area contributed by atoms with Gasteiger partial charge in [-0.2, -0.15) is 0 Å². The quantitative estimate of drug-likeness (QED) is 0.326. The van der Waals surface area contributed by atoms with Crippen molar-refractivity contribution in [2.24, 2.45) is 0 Å². The molecule has 34 heavy (non-hydrogen) atoms. The van der Waals surface area contributed by atoms with Crippen LogP contribution in [0.5, 0.6) is 5.75 Å². The molecule has 0 aliphatic carbocycles. The lowest BCUT2D eigenvalue weighted by atomic mass is 10.0. The standard InChI is InChI=1S/C28H21N3O3/c1-34-25-14-8-7-13-23(25)31-28(33)21-12-6-5-11-20(21)27-29-22-16-15-19(17-24(22)30-27)26(32)18-9-3-2-4-10-18/h2-17H,1H3,(H,29,30)(H,31,33). The number of nitrogens with one attached hydrogen (secondary N) is 2. The van der Waals surface area contributed by atoms with E-state index in [0.717, 1.165) is 5.52 Å². The maximum atomic E-state index is 13.1. The van der Waals surface area contributed by atoms with Gasteiger partial charge in [-0.15, -0.1) is 0 Å². The number of fused-ring (bicyclic) bond motifs is 1. The molecule has 1 aromatic heterocycles. The van der Waals surface area contributed by atoms with Gasteiger partial charge in [0.2, 0.25) is 0 Å². The fourth-order valence-corrected chi connectivity index (χ4v) is 3.86. The Bertz CT molecular complexity index is 1510. The molecular weight excluding hydrogens is 426 g/mol. The van der Waals surface area contributed by atoms with E-state index < -0.39 is 0 Å². The summed E-state index contributed by atoms with van der Waals surface area (Å²) in [5.74, 6) is 0.786. The third-order valence-corrected chi connectivity index (χ3v) is 5.56. The van der Waals surface area contributed by atoms with E-state index in [0.29, 0.717) is 45.0 Å². The molecule has 6 nitrogen and oxygen atoms in total. The minimum atomic E-state index is -0.277. The van der Waals surface area contributed by atoms with E-state index >= 15 is 0 Å². The first-order valence-corrected chi connectivity index (χ1v) is 10.8. The van der Waals surface area contributed by atoms with Crippen molar-refractivity contribution in [2.45, 2.75) is 0 Å². The molecule has 0 saturated carbocycles. The molecule has 5 aromatic rings. The lowest BCUT2D eigenvalue weighted by Crippen LogP contribution is -2.14. The number of aromatic amines is 1. The van der Waals surface area contributed by atoms with Crippen molar-refractivity contribution >= 4 is 28.4 Å². The van der Waals surface area contributed by atoms with Crippen LogP contribution in [0.1, 0.15) is 26.3 Å². The summed E-state index contributed by atoms with van der Waals surface area (Å²) >= 11 is 0. The average Bonchev–Trinajstić information content (AvgIpc) is 3.32. The number of ketones is 1. The highest BCUT2D eigenvalue weighted by molar-refractivity contribution is 6.11. The van der Waals surface area contributed by atoms with Gasteiger partial charge < -0.3 is 15.0 Å². The summed E-state index contributed by atoms with van der Waals surface area (Å²) in [5.41, 5.74) is 4.32. The van der Waals surface area contributed by atoms with Gasteiger partial charge in [-0.05, 0) is 36.4 Å². The number of aromatic nitrogens is 2. The molecule has 0 aliphatic heterocycles. The minimum Gasteiger partial charge on any atom is -0.495 e. The number of hydrogen-bond acceptors (Lipinski definition) is 4. The number of rotatable bonds is 6. The van der Waals surface area contributed by atoms with Crippen LogP contribution in [-0.2, 0) is 0 Å². The predicted molar refractivity (Wildman–Crippen MR) is 132 cm³/mol. The molecule has 0 saturated heterocycles. The van der Waals surface area contributed by atoms with Crippen LogP contribution in [-0.4, -0.2) is 28.8 Å². The summed E-state index contributed by atoms with van der Waals surface area (Å²) in [4.78, 5) is 33.9. The summed E-state index contributed by atoms with van der Waals surface area (Å²) in [7, 11) is 1.56. The average molecular weight is 447 g/mol. The van der Waals surface area contributed by atoms with Crippen molar-refractivity contribution in [2.75, 3.05) is 12.4 Å². The number of carbonyl (C=O) groups is 2. The molecule has 0 radical (unpaired) electrons. The first-order chi connectivity index (χ1) is 16.6. The summed E-state index contributed by atoms with van der Waals surface area (Å²) in [6.45, 7) is 0. The van der Waals surface area contributed by atoms with Crippen molar-refractivity contribution in [1.82, 2.24) is 9.97 Å². The Kier molecular flexibility index (Phi) is 5.62. The van der Waals surface area contributed by atoms with Crippen molar-refractivity contribution in [3.63, 3.8) is 0 Å². The Labute approximate surface area is 196 Å². The van der Waals surface area contributed by atoms with Gasteiger partial charge in [0.05, 0.1) is 29.4 Å². The Morgan fingerprint density at radius 3 is 2.38 bits per heavy atom. The van der Waals surface area contributed by atoms with Crippen molar-refractivity contribution in [3.05, 3.63) is 114 Å². The van der Waals surface area contributed by atoms with Crippen LogP contribution in [0, 0.1) is 0 Å². The van der Waals surface area contributed by atoms with Crippen LogP contribution in [0.4, 0.5) is 5.69 Å². The third-order valence-electron chi connectivity index (χ3n) is 5.56. The van der Waals surface area contributed by atoms with Gasteiger partial charge in [0.15, 0.2) is 5.78 Å². The largest absolute Gasteiger partial charge is 0.495 e. The molecule has 6 heteroatoms. The number of imidazole rings is 1. The van der Waals surface area contributed by atoms with Gasteiger partial charge in [0.1, 0.15) is 11.6 Å². The second-order valence-electron chi connectivity index (χ2n) is 7.71. The number of H-pyrrole nitrogens is 1. The van der Waals surface area contributed by atoms with E-state index in [4.69, 9.17) is 4.74 Å². The van der Waals surface area contributed by atoms with Crippen LogP contribution < -0.4 is 10.1 Å². The first kappa shape index (κ1) is 21.2. The zero-order valence-electron chi connectivity index (χ0n) is 18.4. The molecule has 0 aliphatic rings. The zero-order chi connectivity index (χ0) is 23.5. The molecule has 0 fully saturated rings. The fourth-order valence-electron chi connectivity index (χ4n) is 3.86. The van der Waals surface area contributed by atoms with Crippen LogP contribution in [0.3, 0.4) is 0 Å². The number of nitrogens with zero attached hydrogens (tertiary/aromatic N) is 1. The molecular formula is C28H21N3O3. The SMILES string of the molecule is COc1ccccc1NC(=O)c1ccccc1-c1nc2ccc(C(=O)c3ccccc3)cc2[nH]1. The lowest BCUT2D eigenvalue weighted by Gasteiger charge is -2.11. The van der Waals surface area contributed by atoms with Gasteiger partial charge in [-0.25, -0.2) is 4.98 Å². The van der Waals surface area contributed by atoms with Gasteiger partial charge in [-0.1, -0.05) is 60.7 Å². The predicted octanol–water partition coefficient (Wildman–Crippen LogP) is 5.72. The maximum Gasteiger partial charge on any atom is 0.256 e. The van der Waals surface area contributed by atoms with Gasteiger partial charge in [0.25, 0.3) is 5.91 Å². The van der Waals surface area contributed by atoms with E-state index in [9.17, 15) is 9.59 Å². The smallest absolute Gasteiger partial charge is 0.256 e. The van der Waals surface area contributed by atoms with Gasteiger partial charge in [-0.3, -0.25) is 9.59 Å². The zero-order valence-corrected chi connectivity index (χ0v) is 18.4. The number of benzene rings is 4. The minimum absolute atomic E-state index is 0.0600. The van der Waals surface area contributed by atoms with Crippen molar-refractivity contribution in [1.29, 1.82) is 0 Å². The van der Waals surface area contributed by atoms with Crippen LogP contribution in [0.2, 0.25) is 0 Å². The van der Waals surface area contributed by atoms with Crippen molar-refractivity contribution in [3.8, 4) is 17.1 Å². The Hall–Kier alpha value is -4.71. The Morgan fingerprint density at radius 2 is 1.56 bits per heavy atom. The molecule has 1 heterocycles. The van der Waals surface area contributed by atoms with E-state index in [-0.39, 0.29) is 11.7 Å². The number of methoxy groups -OCH3 is 1. The Balaban J connectivity index is 1.48. The number of carbonyl (C=O) groups excluding carboxylic acids is 2. The Morgan fingerprint density at radius 1 is 0.824 bits per heavy atom. The molecule has 0 spiro atoms. The monoisotopic (exact) mass is 447 g/mol. The number of hydrogen-bond donors (Lipinski definition) is 2. The summed E-state index contributed by atoms with van der Waals surface area (Å²) in [5, 5.41) is 2.91. The molecule has 1 amide bonds. The number of anilines is 1. The molecule has 0 bridgehead atoms. The van der Waals surface area contributed by atoms with E-state index in [1.165, 1.54) is 0 Å². The maximum absolute atomic E-state index is 13.1. The second kappa shape index (κ2) is 9.03. The highest BCUT2D eigenvalue weighted by Crippen LogP contribution is 2.28. The topological polar surface area (TPSA) is 84.1 Å². The summed E-state index contributed by atoms with van der Waals surface area (Å²) < 4.78 is 5.34. The van der Waals surface area contributed by atoms with E-state index in [2.05, 4.69) is 15.3 Å². The molecule has 166 valence electrons. The van der Waals surface area contributed by atoms with Crippen LogP contribution in [0.25, 0.3) is 22.4 Å². The molecule has 0 atom stereocenters. The second-order valence-corrected chi connectivity index (χ2v) is 7.71. The highest BCUT2D eigenvalue weighted by atomic mass is 16.5. The number of para-hydroxylation sites is 2.